The quantitative estimate of drug-likeness (QED) is 0.866. The molecule has 1 fully saturated rings. The van der Waals surface area contributed by atoms with Crippen LogP contribution in [0.25, 0.3) is 0 Å². The summed E-state index contributed by atoms with van der Waals surface area (Å²) in [5.74, 6) is -0.272. The van der Waals surface area contributed by atoms with Gasteiger partial charge >= 0.3 is 0 Å². The lowest BCUT2D eigenvalue weighted by molar-refractivity contribution is -0.124. The molecule has 0 spiro atoms. The zero-order valence-corrected chi connectivity index (χ0v) is 13.6. The standard InChI is InChI=1S/C16H23BrN2O/c1-16(15(18)20,19-14-5-3-2-4-6-14)11-12-7-9-13(17)10-8-12/h7-10,14,19H,2-6,11H2,1H3,(H2,18,20). The lowest BCUT2D eigenvalue weighted by Crippen LogP contribution is -2.58. The fourth-order valence-corrected chi connectivity index (χ4v) is 3.18. The van der Waals surface area contributed by atoms with Crippen LogP contribution in [0.3, 0.4) is 0 Å². The van der Waals surface area contributed by atoms with Gasteiger partial charge in [-0.15, -0.1) is 0 Å². The van der Waals surface area contributed by atoms with Crippen LogP contribution < -0.4 is 11.1 Å². The number of hydrogen-bond donors (Lipinski definition) is 2. The van der Waals surface area contributed by atoms with Crippen LogP contribution in [-0.4, -0.2) is 17.5 Å². The van der Waals surface area contributed by atoms with E-state index in [1.54, 1.807) is 0 Å². The molecule has 0 saturated heterocycles. The number of carbonyl (C=O) groups is 1. The van der Waals surface area contributed by atoms with Gasteiger partial charge in [-0.1, -0.05) is 47.3 Å². The normalized spacial score (nSPS) is 19.5. The number of nitrogens with one attached hydrogen (secondary N) is 1. The zero-order chi connectivity index (χ0) is 14.6. The molecule has 0 aliphatic heterocycles. The number of halogens is 1. The van der Waals surface area contributed by atoms with Crippen molar-refractivity contribution in [2.75, 3.05) is 0 Å². The Morgan fingerprint density at radius 1 is 1.30 bits per heavy atom. The van der Waals surface area contributed by atoms with E-state index in [1.165, 1.54) is 19.3 Å². The van der Waals surface area contributed by atoms with E-state index >= 15 is 0 Å². The lowest BCUT2D eigenvalue weighted by atomic mass is 9.87. The van der Waals surface area contributed by atoms with E-state index in [0.717, 1.165) is 22.9 Å². The zero-order valence-electron chi connectivity index (χ0n) is 12.0. The predicted octanol–water partition coefficient (Wildman–Crippen LogP) is 3.16. The van der Waals surface area contributed by atoms with Gasteiger partial charge < -0.3 is 11.1 Å². The van der Waals surface area contributed by atoms with Gasteiger partial charge in [0.2, 0.25) is 5.91 Å². The van der Waals surface area contributed by atoms with E-state index < -0.39 is 5.54 Å². The van der Waals surface area contributed by atoms with Crippen molar-refractivity contribution in [2.24, 2.45) is 5.73 Å². The van der Waals surface area contributed by atoms with Gasteiger partial charge in [-0.25, -0.2) is 0 Å². The van der Waals surface area contributed by atoms with E-state index in [1.807, 2.05) is 31.2 Å². The van der Waals surface area contributed by atoms with Gasteiger partial charge in [0.05, 0.1) is 5.54 Å². The monoisotopic (exact) mass is 338 g/mol. The number of primary amides is 1. The van der Waals surface area contributed by atoms with Gasteiger partial charge in [0.1, 0.15) is 0 Å². The molecule has 1 aromatic rings. The minimum Gasteiger partial charge on any atom is -0.368 e. The molecule has 1 aliphatic rings. The van der Waals surface area contributed by atoms with Gasteiger partial charge in [-0.05, 0) is 43.9 Å². The van der Waals surface area contributed by atoms with Crippen molar-refractivity contribution in [1.82, 2.24) is 5.32 Å². The summed E-state index contributed by atoms with van der Waals surface area (Å²) < 4.78 is 1.04. The first kappa shape index (κ1) is 15.5. The van der Waals surface area contributed by atoms with Crippen LogP contribution in [-0.2, 0) is 11.2 Å². The summed E-state index contributed by atoms with van der Waals surface area (Å²) in [7, 11) is 0. The first-order valence-electron chi connectivity index (χ1n) is 7.32. The van der Waals surface area contributed by atoms with Crippen LogP contribution in [0, 0.1) is 0 Å². The second-order valence-electron chi connectivity index (χ2n) is 5.98. The maximum atomic E-state index is 11.9. The van der Waals surface area contributed by atoms with Crippen molar-refractivity contribution in [2.45, 2.75) is 57.0 Å². The molecule has 3 nitrogen and oxygen atoms in total. The highest BCUT2D eigenvalue weighted by Gasteiger charge is 2.33. The molecule has 0 radical (unpaired) electrons. The number of amides is 1. The summed E-state index contributed by atoms with van der Waals surface area (Å²) in [6.07, 6.45) is 6.70. The van der Waals surface area contributed by atoms with E-state index in [2.05, 4.69) is 21.2 Å². The lowest BCUT2D eigenvalue weighted by Gasteiger charge is -2.34. The SMILES string of the molecule is CC(Cc1ccc(Br)cc1)(NC1CCCCC1)C(N)=O. The van der Waals surface area contributed by atoms with E-state index in [4.69, 9.17) is 5.73 Å². The van der Waals surface area contributed by atoms with Crippen LogP contribution in [0.4, 0.5) is 0 Å². The van der Waals surface area contributed by atoms with Crippen molar-refractivity contribution in [3.05, 3.63) is 34.3 Å². The summed E-state index contributed by atoms with van der Waals surface area (Å²) in [4.78, 5) is 11.9. The van der Waals surface area contributed by atoms with Gasteiger partial charge in [-0.3, -0.25) is 4.79 Å². The van der Waals surface area contributed by atoms with E-state index in [0.29, 0.717) is 12.5 Å². The second-order valence-corrected chi connectivity index (χ2v) is 6.89. The van der Waals surface area contributed by atoms with Gasteiger partial charge in [0.25, 0.3) is 0 Å². The Bertz CT molecular complexity index is 454. The average molecular weight is 339 g/mol. The smallest absolute Gasteiger partial charge is 0.237 e. The minimum absolute atomic E-state index is 0.272. The maximum absolute atomic E-state index is 11.9. The number of benzene rings is 1. The highest BCUT2D eigenvalue weighted by Crippen LogP contribution is 2.22. The first-order valence-corrected chi connectivity index (χ1v) is 8.11. The molecule has 3 N–H and O–H groups in total. The second kappa shape index (κ2) is 6.72. The van der Waals surface area contributed by atoms with Gasteiger partial charge in [-0.2, -0.15) is 0 Å². The van der Waals surface area contributed by atoms with Crippen molar-refractivity contribution < 1.29 is 4.79 Å². The van der Waals surface area contributed by atoms with Crippen molar-refractivity contribution in [3.63, 3.8) is 0 Å². The van der Waals surface area contributed by atoms with Gasteiger partial charge in [0, 0.05) is 10.5 Å². The molecule has 4 heteroatoms. The van der Waals surface area contributed by atoms with Crippen molar-refractivity contribution >= 4 is 21.8 Å². The molecule has 1 aromatic carbocycles. The molecular formula is C16H23BrN2O. The number of nitrogens with two attached hydrogens (primary N) is 1. The third-order valence-electron chi connectivity index (χ3n) is 4.14. The Hall–Kier alpha value is -0.870. The fourth-order valence-electron chi connectivity index (χ4n) is 2.92. The molecule has 1 aliphatic carbocycles. The van der Waals surface area contributed by atoms with E-state index in [9.17, 15) is 4.79 Å². The summed E-state index contributed by atoms with van der Waals surface area (Å²) in [5.41, 5.74) is 6.11. The van der Waals surface area contributed by atoms with Crippen LogP contribution in [0.5, 0.6) is 0 Å². The Labute approximate surface area is 129 Å². The minimum atomic E-state index is -0.671. The third-order valence-corrected chi connectivity index (χ3v) is 4.67. The fraction of sp³-hybridized carbons (Fsp3) is 0.562. The summed E-state index contributed by atoms with van der Waals surface area (Å²) >= 11 is 3.43. The molecule has 1 atom stereocenters. The summed E-state index contributed by atoms with van der Waals surface area (Å²) in [5, 5.41) is 3.51. The number of rotatable bonds is 5. The maximum Gasteiger partial charge on any atom is 0.237 e. The van der Waals surface area contributed by atoms with Crippen molar-refractivity contribution in [1.29, 1.82) is 0 Å². The van der Waals surface area contributed by atoms with Crippen LogP contribution >= 0.6 is 15.9 Å². The average Bonchev–Trinajstić information content (AvgIpc) is 2.42. The molecule has 1 unspecified atom stereocenters. The van der Waals surface area contributed by atoms with Crippen LogP contribution in [0.2, 0.25) is 0 Å². The molecule has 1 saturated carbocycles. The molecule has 0 aromatic heterocycles. The Balaban J connectivity index is 2.07. The Morgan fingerprint density at radius 2 is 1.90 bits per heavy atom. The Kier molecular flexibility index (Phi) is 5.22. The molecule has 110 valence electrons. The first-order chi connectivity index (χ1) is 9.49. The summed E-state index contributed by atoms with van der Waals surface area (Å²) in [6.45, 7) is 1.92. The number of carbonyl (C=O) groups excluding carboxylic acids is 1. The molecule has 20 heavy (non-hydrogen) atoms. The van der Waals surface area contributed by atoms with Crippen molar-refractivity contribution in [3.8, 4) is 0 Å². The predicted molar refractivity (Wildman–Crippen MR) is 85.5 cm³/mol. The molecular weight excluding hydrogens is 316 g/mol. The highest BCUT2D eigenvalue weighted by atomic mass is 79.9. The topological polar surface area (TPSA) is 55.1 Å². The molecule has 1 amide bonds. The molecule has 2 rings (SSSR count). The number of hydrogen-bond acceptors (Lipinski definition) is 2. The van der Waals surface area contributed by atoms with Crippen LogP contribution in [0.15, 0.2) is 28.7 Å². The third kappa shape index (κ3) is 4.06. The largest absolute Gasteiger partial charge is 0.368 e. The summed E-state index contributed by atoms with van der Waals surface area (Å²) in [6, 6.07) is 8.48. The van der Waals surface area contributed by atoms with Crippen LogP contribution in [0.1, 0.15) is 44.6 Å². The van der Waals surface area contributed by atoms with Gasteiger partial charge in [0.15, 0.2) is 0 Å². The van der Waals surface area contributed by atoms with E-state index in [-0.39, 0.29) is 5.91 Å². The molecule has 0 bridgehead atoms. The molecule has 0 heterocycles. The highest BCUT2D eigenvalue weighted by molar-refractivity contribution is 9.10. The Morgan fingerprint density at radius 3 is 2.45 bits per heavy atom.